The van der Waals surface area contributed by atoms with Crippen LogP contribution in [0.4, 0.5) is 0 Å². The normalized spacial score (nSPS) is 20.6. The minimum atomic E-state index is -0.373. The van der Waals surface area contributed by atoms with E-state index in [-0.39, 0.29) is 11.6 Å². The van der Waals surface area contributed by atoms with E-state index in [1.165, 1.54) is 0 Å². The Balaban J connectivity index is 2.54. The topological polar surface area (TPSA) is 26.3 Å². The average molecular weight is 200 g/mol. The predicted octanol–water partition coefficient (Wildman–Crippen LogP) is 2.17. The molecule has 0 N–H and O–H groups in total. The Kier molecular flexibility index (Phi) is 2.80. The first kappa shape index (κ1) is 10.3. The molecule has 1 aromatic rings. The number of carbonyl (C=O) groups is 1. The van der Waals surface area contributed by atoms with Crippen molar-refractivity contribution in [3.8, 4) is 5.75 Å². The fourth-order valence-corrected chi connectivity index (χ4v) is 2.06. The molecule has 0 spiro atoms. The maximum atomic E-state index is 12.0. The number of methoxy groups -OCH3 is 1. The van der Waals surface area contributed by atoms with Crippen LogP contribution in [0.15, 0.2) is 18.2 Å². The summed E-state index contributed by atoms with van der Waals surface area (Å²) in [5.74, 6) is 0.289. The Morgan fingerprint density at radius 3 is 3.00 bits per heavy atom. The summed E-state index contributed by atoms with van der Waals surface area (Å²) in [6.45, 7) is 0. The summed E-state index contributed by atoms with van der Waals surface area (Å²) in [5.41, 5.74) is 1.75. The molecule has 2 radical (unpaired) electrons. The number of hydrogen-bond donors (Lipinski definition) is 0. The van der Waals surface area contributed by atoms with Gasteiger partial charge in [0.05, 0.1) is 20.5 Å². The average Bonchev–Trinajstić information content (AvgIpc) is 2.40. The first-order valence-electron chi connectivity index (χ1n) is 5.19. The molecule has 76 valence electrons. The lowest BCUT2D eigenvalue weighted by molar-refractivity contribution is 0.0980. The molecule has 15 heavy (non-hydrogen) atoms. The number of rotatable bonds is 1. The molecule has 1 aliphatic rings. The van der Waals surface area contributed by atoms with Gasteiger partial charge in [0.1, 0.15) is 5.75 Å². The van der Waals surface area contributed by atoms with Crippen LogP contribution < -0.4 is 4.74 Å². The summed E-state index contributed by atoms with van der Waals surface area (Å²) in [7, 11) is 7.39. The molecule has 1 aromatic carbocycles. The molecule has 0 amide bonds. The number of Topliss-reactive ketones (excluding diaryl/α,β-unsaturated/α-hetero) is 1. The van der Waals surface area contributed by atoms with E-state index in [4.69, 9.17) is 12.6 Å². The Hall–Kier alpha value is -1.25. The number of hydrogen-bond acceptors (Lipinski definition) is 2. The van der Waals surface area contributed by atoms with E-state index in [1.54, 1.807) is 7.11 Å². The number of ketones is 1. The van der Waals surface area contributed by atoms with E-state index in [1.807, 2.05) is 18.2 Å². The largest absolute Gasteiger partial charge is 0.496 e. The first-order valence-corrected chi connectivity index (χ1v) is 5.19. The van der Waals surface area contributed by atoms with E-state index in [9.17, 15) is 4.79 Å². The Morgan fingerprint density at radius 1 is 1.47 bits per heavy atom. The fourth-order valence-electron chi connectivity index (χ4n) is 2.06. The monoisotopic (exact) mass is 200 g/mol. The van der Waals surface area contributed by atoms with Gasteiger partial charge in [0, 0.05) is 0 Å². The molecule has 1 aliphatic carbocycles. The van der Waals surface area contributed by atoms with E-state index in [0.717, 1.165) is 24.8 Å². The summed E-state index contributed by atoms with van der Waals surface area (Å²) >= 11 is 0. The van der Waals surface area contributed by atoms with Crippen LogP contribution in [-0.2, 0) is 6.42 Å². The second-order valence-corrected chi connectivity index (χ2v) is 3.86. The van der Waals surface area contributed by atoms with Crippen LogP contribution in [0, 0.1) is 0 Å². The van der Waals surface area contributed by atoms with Gasteiger partial charge in [0.2, 0.25) is 0 Å². The highest BCUT2D eigenvalue weighted by Gasteiger charge is 2.24. The van der Waals surface area contributed by atoms with Crippen LogP contribution in [0.5, 0.6) is 5.75 Å². The van der Waals surface area contributed by atoms with Crippen LogP contribution in [0.2, 0.25) is 5.82 Å². The zero-order valence-corrected chi connectivity index (χ0v) is 8.82. The van der Waals surface area contributed by atoms with Crippen molar-refractivity contribution in [2.24, 2.45) is 0 Å². The van der Waals surface area contributed by atoms with Crippen LogP contribution in [0.3, 0.4) is 0 Å². The van der Waals surface area contributed by atoms with Crippen molar-refractivity contribution in [3.05, 3.63) is 29.3 Å². The zero-order valence-electron chi connectivity index (χ0n) is 8.82. The van der Waals surface area contributed by atoms with Crippen molar-refractivity contribution in [1.29, 1.82) is 0 Å². The molecular formula is C12H13BO2. The van der Waals surface area contributed by atoms with Crippen molar-refractivity contribution in [3.63, 3.8) is 0 Å². The number of carbonyl (C=O) groups excluding carboxylic acids is 1. The second-order valence-electron chi connectivity index (χ2n) is 3.86. The molecule has 0 fully saturated rings. The van der Waals surface area contributed by atoms with Gasteiger partial charge in [-0.05, 0) is 30.3 Å². The number of ether oxygens (including phenoxy) is 1. The number of aryl methyl sites for hydroxylation is 1. The SMILES string of the molecule is [B]C1CCCc2cccc(OC)c2C1=O. The molecule has 3 heteroatoms. The van der Waals surface area contributed by atoms with E-state index in [2.05, 4.69) is 0 Å². The van der Waals surface area contributed by atoms with Gasteiger partial charge in [-0.2, -0.15) is 0 Å². The summed E-state index contributed by atoms with van der Waals surface area (Å²) in [5, 5.41) is 0. The van der Waals surface area contributed by atoms with Gasteiger partial charge in [-0.15, -0.1) is 0 Å². The summed E-state index contributed by atoms with van der Waals surface area (Å²) in [6.07, 6.45) is 2.63. The van der Waals surface area contributed by atoms with Crippen molar-refractivity contribution < 1.29 is 9.53 Å². The van der Waals surface area contributed by atoms with Gasteiger partial charge in [0.25, 0.3) is 0 Å². The molecule has 1 unspecified atom stereocenters. The molecule has 0 heterocycles. The Labute approximate surface area is 91.0 Å². The van der Waals surface area contributed by atoms with Crippen LogP contribution in [-0.4, -0.2) is 20.7 Å². The third-order valence-electron chi connectivity index (χ3n) is 2.88. The van der Waals surface area contributed by atoms with Gasteiger partial charge in [-0.3, -0.25) is 4.79 Å². The molecule has 0 bridgehead atoms. The molecular weight excluding hydrogens is 187 g/mol. The minimum absolute atomic E-state index is 0.0138. The molecule has 0 aliphatic heterocycles. The molecule has 0 aromatic heterocycles. The highest BCUT2D eigenvalue weighted by atomic mass is 16.5. The third-order valence-corrected chi connectivity index (χ3v) is 2.88. The highest BCUT2D eigenvalue weighted by molar-refractivity contribution is 6.28. The van der Waals surface area contributed by atoms with Gasteiger partial charge in [0.15, 0.2) is 5.78 Å². The smallest absolute Gasteiger partial charge is 0.161 e. The lowest BCUT2D eigenvalue weighted by atomic mass is 9.79. The zero-order chi connectivity index (χ0) is 10.8. The maximum absolute atomic E-state index is 12.0. The van der Waals surface area contributed by atoms with Crippen LogP contribution in [0.1, 0.15) is 28.8 Å². The quantitative estimate of drug-likeness (QED) is 0.512. The molecule has 0 saturated heterocycles. The van der Waals surface area contributed by atoms with E-state index >= 15 is 0 Å². The maximum Gasteiger partial charge on any atom is 0.161 e. The Bertz CT molecular complexity index is 387. The second kappa shape index (κ2) is 4.09. The van der Waals surface area contributed by atoms with Crippen molar-refractivity contribution in [2.45, 2.75) is 25.1 Å². The van der Waals surface area contributed by atoms with E-state index < -0.39 is 0 Å². The minimum Gasteiger partial charge on any atom is -0.496 e. The van der Waals surface area contributed by atoms with E-state index in [0.29, 0.717) is 11.3 Å². The Morgan fingerprint density at radius 2 is 2.27 bits per heavy atom. The number of fused-ring (bicyclic) bond motifs is 1. The van der Waals surface area contributed by atoms with Gasteiger partial charge in [-0.1, -0.05) is 18.6 Å². The molecule has 2 rings (SSSR count). The van der Waals surface area contributed by atoms with Crippen LogP contribution in [0.25, 0.3) is 0 Å². The predicted molar refractivity (Wildman–Crippen MR) is 59.8 cm³/mol. The van der Waals surface area contributed by atoms with Crippen molar-refractivity contribution >= 4 is 13.6 Å². The number of benzene rings is 1. The fraction of sp³-hybridized carbons (Fsp3) is 0.417. The molecule has 0 saturated carbocycles. The third kappa shape index (κ3) is 1.78. The lowest BCUT2D eigenvalue weighted by Crippen LogP contribution is -2.10. The summed E-state index contributed by atoms with van der Waals surface area (Å²) < 4.78 is 5.21. The summed E-state index contributed by atoms with van der Waals surface area (Å²) in [4.78, 5) is 12.0. The first-order chi connectivity index (χ1) is 7.24. The van der Waals surface area contributed by atoms with Crippen molar-refractivity contribution in [2.75, 3.05) is 7.11 Å². The summed E-state index contributed by atoms with van der Waals surface area (Å²) in [6, 6.07) is 5.71. The standard InChI is InChI=1S/C12H13BO2/c1-15-10-7-3-5-8-4-2-6-9(13)12(14)11(8)10/h3,5,7,9H,2,4,6H2,1H3. The van der Waals surface area contributed by atoms with Gasteiger partial charge in [-0.25, -0.2) is 0 Å². The van der Waals surface area contributed by atoms with Crippen molar-refractivity contribution in [1.82, 2.24) is 0 Å². The lowest BCUT2D eigenvalue weighted by Gasteiger charge is -2.12. The highest BCUT2D eigenvalue weighted by Crippen LogP contribution is 2.32. The molecule has 1 atom stereocenters. The van der Waals surface area contributed by atoms with Crippen LogP contribution >= 0.6 is 0 Å². The van der Waals surface area contributed by atoms with Gasteiger partial charge >= 0.3 is 0 Å². The molecule has 2 nitrogen and oxygen atoms in total. The van der Waals surface area contributed by atoms with Gasteiger partial charge < -0.3 is 4.74 Å².